The number of carbonyl (C=O) groups is 1. The summed E-state index contributed by atoms with van der Waals surface area (Å²) < 4.78 is 10.8. The molecule has 1 amide bonds. The van der Waals surface area contributed by atoms with Gasteiger partial charge in [0.1, 0.15) is 0 Å². The number of carbonyl (C=O) groups excluding carboxylic acids is 1. The minimum Gasteiger partial charge on any atom is -0.493 e. The van der Waals surface area contributed by atoms with Crippen molar-refractivity contribution >= 4 is 18.3 Å². The van der Waals surface area contributed by atoms with Crippen LogP contribution in [0, 0.1) is 0 Å². The summed E-state index contributed by atoms with van der Waals surface area (Å²) in [5.74, 6) is 1.45. The maximum atomic E-state index is 12.2. The van der Waals surface area contributed by atoms with Crippen LogP contribution in [0.15, 0.2) is 24.8 Å². The lowest BCUT2D eigenvalue weighted by Gasteiger charge is -2.22. The van der Waals surface area contributed by atoms with Crippen LogP contribution in [-0.2, 0) is 17.8 Å². The van der Waals surface area contributed by atoms with Gasteiger partial charge in [-0.1, -0.05) is 12.5 Å². The van der Waals surface area contributed by atoms with Gasteiger partial charge < -0.3 is 20.1 Å². The van der Waals surface area contributed by atoms with Crippen molar-refractivity contribution in [3.8, 4) is 11.5 Å². The van der Waals surface area contributed by atoms with Crippen LogP contribution in [0.25, 0.3) is 0 Å². The van der Waals surface area contributed by atoms with Crippen molar-refractivity contribution in [2.45, 2.75) is 38.3 Å². The van der Waals surface area contributed by atoms with Gasteiger partial charge in [0.2, 0.25) is 5.91 Å². The average Bonchev–Trinajstić information content (AvgIpc) is 2.60. The van der Waals surface area contributed by atoms with Gasteiger partial charge in [0.25, 0.3) is 0 Å². The van der Waals surface area contributed by atoms with Crippen molar-refractivity contribution in [3.63, 3.8) is 0 Å². The molecule has 1 aromatic rings. The standard InChI is InChI=1S/C18H26N2O3.ClH/c1-4-7-14-10-13(11-16(22-2)17(14)23-3)12-20-18(21)15-8-5-6-9-19-15;/h4,10-11,15,19H,1,5-9,12H2,2-3H3,(H,20,21);1H/t15-;/m0./s1. The first kappa shape index (κ1) is 20.3. The van der Waals surface area contributed by atoms with Gasteiger partial charge in [-0.3, -0.25) is 4.79 Å². The molecule has 2 rings (SSSR count). The van der Waals surface area contributed by atoms with Gasteiger partial charge in [-0.25, -0.2) is 0 Å². The van der Waals surface area contributed by atoms with Gasteiger partial charge in [0.05, 0.1) is 20.3 Å². The zero-order chi connectivity index (χ0) is 16.7. The summed E-state index contributed by atoms with van der Waals surface area (Å²) in [7, 11) is 3.24. The van der Waals surface area contributed by atoms with E-state index in [1.54, 1.807) is 14.2 Å². The molecule has 2 N–H and O–H groups in total. The minimum atomic E-state index is -0.0726. The molecule has 0 bridgehead atoms. The third-order valence-corrected chi connectivity index (χ3v) is 4.07. The number of allylic oxidation sites excluding steroid dienone is 1. The largest absolute Gasteiger partial charge is 0.493 e. The monoisotopic (exact) mass is 354 g/mol. The highest BCUT2D eigenvalue weighted by Crippen LogP contribution is 2.33. The number of hydrogen-bond acceptors (Lipinski definition) is 4. The van der Waals surface area contributed by atoms with Gasteiger partial charge in [-0.15, -0.1) is 19.0 Å². The molecular formula is C18H27ClN2O3. The number of benzene rings is 1. The zero-order valence-corrected chi connectivity index (χ0v) is 15.2. The summed E-state index contributed by atoms with van der Waals surface area (Å²) in [4.78, 5) is 12.2. The molecule has 24 heavy (non-hydrogen) atoms. The first-order chi connectivity index (χ1) is 11.2. The van der Waals surface area contributed by atoms with E-state index in [-0.39, 0.29) is 24.4 Å². The first-order valence-electron chi connectivity index (χ1n) is 8.05. The van der Waals surface area contributed by atoms with E-state index in [1.165, 1.54) is 0 Å². The van der Waals surface area contributed by atoms with Crippen molar-refractivity contribution in [2.24, 2.45) is 0 Å². The lowest BCUT2D eigenvalue weighted by atomic mass is 10.0. The van der Waals surface area contributed by atoms with Crippen LogP contribution in [0.4, 0.5) is 0 Å². The molecule has 1 aliphatic heterocycles. The van der Waals surface area contributed by atoms with Crippen LogP contribution >= 0.6 is 12.4 Å². The van der Waals surface area contributed by atoms with Crippen molar-refractivity contribution < 1.29 is 14.3 Å². The predicted octanol–water partition coefficient (Wildman–Crippen LogP) is 2.61. The smallest absolute Gasteiger partial charge is 0.237 e. The molecule has 1 aromatic carbocycles. The molecule has 1 saturated heterocycles. The third-order valence-electron chi connectivity index (χ3n) is 4.07. The van der Waals surface area contributed by atoms with E-state index in [0.717, 1.165) is 42.7 Å². The highest BCUT2D eigenvalue weighted by atomic mass is 35.5. The van der Waals surface area contributed by atoms with Crippen LogP contribution in [-0.4, -0.2) is 32.7 Å². The molecule has 1 atom stereocenters. The van der Waals surface area contributed by atoms with Gasteiger partial charge in [0, 0.05) is 12.1 Å². The van der Waals surface area contributed by atoms with E-state index in [2.05, 4.69) is 17.2 Å². The number of nitrogens with one attached hydrogen (secondary N) is 2. The average molecular weight is 355 g/mol. The summed E-state index contributed by atoms with van der Waals surface area (Å²) in [6, 6.07) is 3.86. The van der Waals surface area contributed by atoms with E-state index in [0.29, 0.717) is 18.7 Å². The Morgan fingerprint density at radius 3 is 2.75 bits per heavy atom. The number of amides is 1. The van der Waals surface area contributed by atoms with Gasteiger partial charge >= 0.3 is 0 Å². The number of ether oxygens (including phenoxy) is 2. The third kappa shape index (κ3) is 5.14. The van der Waals surface area contributed by atoms with E-state index in [9.17, 15) is 4.79 Å². The number of hydrogen-bond donors (Lipinski definition) is 2. The Hall–Kier alpha value is -1.72. The topological polar surface area (TPSA) is 59.6 Å². The lowest BCUT2D eigenvalue weighted by Crippen LogP contribution is -2.46. The summed E-state index contributed by atoms with van der Waals surface area (Å²) in [6.45, 7) is 5.17. The number of methoxy groups -OCH3 is 2. The molecule has 0 aromatic heterocycles. The molecular weight excluding hydrogens is 328 g/mol. The second-order valence-corrected chi connectivity index (χ2v) is 5.70. The fraction of sp³-hybridized carbons (Fsp3) is 0.500. The van der Waals surface area contributed by atoms with E-state index in [4.69, 9.17) is 9.47 Å². The van der Waals surface area contributed by atoms with Gasteiger partial charge in [0.15, 0.2) is 11.5 Å². The highest BCUT2D eigenvalue weighted by molar-refractivity contribution is 5.85. The highest BCUT2D eigenvalue weighted by Gasteiger charge is 2.20. The van der Waals surface area contributed by atoms with Gasteiger partial charge in [-0.2, -0.15) is 0 Å². The van der Waals surface area contributed by atoms with Crippen molar-refractivity contribution in [2.75, 3.05) is 20.8 Å². The van der Waals surface area contributed by atoms with E-state index < -0.39 is 0 Å². The maximum absolute atomic E-state index is 12.2. The molecule has 1 heterocycles. The van der Waals surface area contributed by atoms with Crippen molar-refractivity contribution in [3.05, 3.63) is 35.9 Å². The van der Waals surface area contributed by atoms with Crippen molar-refractivity contribution in [1.82, 2.24) is 10.6 Å². The SMILES string of the molecule is C=CCc1cc(CNC(=O)[C@@H]2CCCCN2)cc(OC)c1OC.Cl. The lowest BCUT2D eigenvalue weighted by molar-refractivity contribution is -0.123. The summed E-state index contributed by atoms with van der Waals surface area (Å²) >= 11 is 0. The minimum absolute atomic E-state index is 0. The normalized spacial score (nSPS) is 16.7. The fourth-order valence-corrected chi connectivity index (χ4v) is 2.90. The Morgan fingerprint density at radius 2 is 2.17 bits per heavy atom. The zero-order valence-electron chi connectivity index (χ0n) is 14.4. The van der Waals surface area contributed by atoms with Crippen LogP contribution < -0.4 is 20.1 Å². The number of piperidine rings is 1. The molecule has 1 aliphatic rings. The molecule has 134 valence electrons. The molecule has 0 radical (unpaired) electrons. The summed E-state index contributed by atoms with van der Waals surface area (Å²) in [5, 5.41) is 6.26. The van der Waals surface area contributed by atoms with Crippen LogP contribution in [0.3, 0.4) is 0 Å². The summed E-state index contributed by atoms with van der Waals surface area (Å²) in [5.41, 5.74) is 1.99. The molecule has 0 spiro atoms. The first-order valence-corrected chi connectivity index (χ1v) is 8.05. The Morgan fingerprint density at radius 1 is 1.38 bits per heavy atom. The van der Waals surface area contributed by atoms with E-state index >= 15 is 0 Å². The van der Waals surface area contributed by atoms with Crippen LogP contribution in [0.5, 0.6) is 11.5 Å². The second-order valence-electron chi connectivity index (χ2n) is 5.70. The molecule has 0 aliphatic carbocycles. The number of rotatable bonds is 7. The van der Waals surface area contributed by atoms with Crippen LogP contribution in [0.2, 0.25) is 0 Å². The van der Waals surface area contributed by atoms with Crippen molar-refractivity contribution in [1.29, 1.82) is 0 Å². The molecule has 0 saturated carbocycles. The summed E-state index contributed by atoms with van der Waals surface area (Å²) in [6.07, 6.45) is 5.66. The van der Waals surface area contributed by atoms with Gasteiger partial charge in [-0.05, 0) is 43.5 Å². The van der Waals surface area contributed by atoms with Crippen LogP contribution in [0.1, 0.15) is 30.4 Å². The Balaban J connectivity index is 0.00000288. The Labute approximate surface area is 150 Å². The Bertz CT molecular complexity index is 557. The molecule has 5 nitrogen and oxygen atoms in total. The molecule has 1 fully saturated rings. The second kappa shape index (κ2) is 10.2. The number of halogens is 1. The molecule has 0 unspecified atom stereocenters. The maximum Gasteiger partial charge on any atom is 0.237 e. The Kier molecular flexibility index (Phi) is 8.65. The predicted molar refractivity (Wildman–Crippen MR) is 98.2 cm³/mol. The van der Waals surface area contributed by atoms with E-state index in [1.807, 2.05) is 18.2 Å². The quantitative estimate of drug-likeness (QED) is 0.739. The fourth-order valence-electron chi connectivity index (χ4n) is 2.90. The molecule has 6 heteroatoms.